The largest absolute Gasteiger partial charge is 0.454 e. The Morgan fingerprint density at radius 1 is 1.19 bits per heavy atom. The minimum absolute atomic E-state index is 0.160. The maximum absolute atomic E-state index is 12.3. The third kappa shape index (κ3) is 5.58. The van der Waals surface area contributed by atoms with Crippen molar-refractivity contribution in [2.45, 2.75) is 24.1 Å². The molecule has 0 saturated carbocycles. The molecule has 0 bridgehead atoms. The maximum atomic E-state index is 12.3. The number of nitrogens with one attached hydrogen (secondary N) is 1. The number of hydrogen-bond acceptors (Lipinski definition) is 5. The van der Waals surface area contributed by atoms with Gasteiger partial charge in [0.1, 0.15) is 0 Å². The predicted octanol–water partition coefficient (Wildman–Crippen LogP) is 4.19. The van der Waals surface area contributed by atoms with Gasteiger partial charge in [-0.3, -0.25) is 9.69 Å². The summed E-state index contributed by atoms with van der Waals surface area (Å²) in [6, 6.07) is 12.1. The second kappa shape index (κ2) is 9.05. The fourth-order valence-electron chi connectivity index (χ4n) is 2.70. The number of rotatable bonds is 8. The molecule has 3 rings (SSSR count). The number of thioether (sulfide) groups is 1. The number of likely N-dealkylation sites (N-methyl/N-ethyl adjacent to an activating group) is 1. The van der Waals surface area contributed by atoms with Crippen molar-refractivity contribution in [1.29, 1.82) is 0 Å². The number of alkyl halides is 2. The highest BCUT2D eigenvalue weighted by Gasteiger charge is 2.15. The maximum Gasteiger partial charge on any atom is 0.288 e. The summed E-state index contributed by atoms with van der Waals surface area (Å²) in [4.78, 5) is 14.8. The summed E-state index contributed by atoms with van der Waals surface area (Å²) in [5.74, 6) is -1.17. The molecule has 0 radical (unpaired) electrons. The Balaban J connectivity index is 1.53. The fraction of sp³-hybridized carbons (Fsp3) is 0.316. The van der Waals surface area contributed by atoms with Crippen molar-refractivity contribution in [1.82, 2.24) is 4.90 Å². The molecule has 2 aromatic rings. The van der Waals surface area contributed by atoms with Crippen molar-refractivity contribution in [3.05, 3.63) is 48.0 Å². The van der Waals surface area contributed by atoms with Gasteiger partial charge in [0.15, 0.2) is 11.5 Å². The van der Waals surface area contributed by atoms with Crippen molar-refractivity contribution >= 4 is 23.4 Å². The Labute approximate surface area is 160 Å². The van der Waals surface area contributed by atoms with Crippen molar-refractivity contribution in [2.75, 3.05) is 25.2 Å². The molecular weight excluding hydrogens is 374 g/mol. The third-order valence-electron chi connectivity index (χ3n) is 4.02. The zero-order chi connectivity index (χ0) is 19.2. The quantitative estimate of drug-likeness (QED) is 0.681. The van der Waals surface area contributed by atoms with E-state index in [0.29, 0.717) is 35.4 Å². The molecule has 8 heteroatoms. The van der Waals surface area contributed by atoms with Crippen molar-refractivity contribution in [3.63, 3.8) is 0 Å². The number of benzene rings is 2. The van der Waals surface area contributed by atoms with Crippen LogP contribution < -0.4 is 14.8 Å². The van der Waals surface area contributed by atoms with Crippen LogP contribution in [0.1, 0.15) is 12.5 Å². The van der Waals surface area contributed by atoms with Gasteiger partial charge in [-0.1, -0.05) is 24.8 Å². The van der Waals surface area contributed by atoms with E-state index >= 15 is 0 Å². The molecule has 0 saturated heterocycles. The Morgan fingerprint density at radius 3 is 2.63 bits per heavy atom. The monoisotopic (exact) mass is 394 g/mol. The molecule has 0 aromatic heterocycles. The average molecular weight is 394 g/mol. The van der Waals surface area contributed by atoms with E-state index < -0.39 is 5.76 Å². The zero-order valence-electron chi connectivity index (χ0n) is 14.8. The lowest BCUT2D eigenvalue weighted by Gasteiger charge is -2.20. The minimum Gasteiger partial charge on any atom is -0.454 e. The summed E-state index contributed by atoms with van der Waals surface area (Å²) in [6.45, 7) is 3.73. The standard InChI is InChI=1S/C19H20F2N2O3S/c1-2-23(10-13-3-8-16-17(9-13)26-12-25-16)11-18(24)22-14-4-6-15(7-5-14)27-19(20)21/h3-9,19H,2,10-12H2,1H3,(H,22,24). The van der Waals surface area contributed by atoms with E-state index in [1.165, 1.54) is 0 Å². The van der Waals surface area contributed by atoms with Crippen LogP contribution in [0.25, 0.3) is 0 Å². The van der Waals surface area contributed by atoms with Crippen LogP contribution in [0.4, 0.5) is 14.5 Å². The van der Waals surface area contributed by atoms with Crippen molar-refractivity contribution in [3.8, 4) is 11.5 Å². The highest BCUT2D eigenvalue weighted by atomic mass is 32.2. The summed E-state index contributed by atoms with van der Waals surface area (Å²) in [7, 11) is 0. The van der Waals surface area contributed by atoms with Gasteiger partial charge in [-0.25, -0.2) is 0 Å². The first-order valence-corrected chi connectivity index (χ1v) is 9.37. The number of ether oxygens (including phenoxy) is 2. The van der Waals surface area contributed by atoms with Crippen LogP contribution in [0.2, 0.25) is 0 Å². The second-order valence-corrected chi connectivity index (χ2v) is 7.01. The van der Waals surface area contributed by atoms with Crippen LogP contribution in [-0.4, -0.2) is 36.4 Å². The Bertz CT molecular complexity index is 787. The van der Waals surface area contributed by atoms with Gasteiger partial charge in [-0.05, 0) is 48.5 Å². The van der Waals surface area contributed by atoms with E-state index in [0.717, 1.165) is 17.1 Å². The molecule has 0 fully saturated rings. The van der Waals surface area contributed by atoms with Gasteiger partial charge in [0, 0.05) is 17.1 Å². The highest BCUT2D eigenvalue weighted by molar-refractivity contribution is 7.99. The summed E-state index contributed by atoms with van der Waals surface area (Å²) < 4.78 is 35.4. The van der Waals surface area contributed by atoms with E-state index in [9.17, 15) is 13.6 Å². The van der Waals surface area contributed by atoms with E-state index in [1.807, 2.05) is 30.0 Å². The number of halogens is 2. The molecule has 1 aliphatic heterocycles. The zero-order valence-corrected chi connectivity index (χ0v) is 15.6. The lowest BCUT2D eigenvalue weighted by atomic mass is 10.2. The van der Waals surface area contributed by atoms with Gasteiger partial charge in [-0.2, -0.15) is 8.78 Å². The number of fused-ring (bicyclic) bond motifs is 1. The first-order valence-electron chi connectivity index (χ1n) is 8.49. The predicted molar refractivity (Wildman–Crippen MR) is 100 cm³/mol. The van der Waals surface area contributed by atoms with Crippen molar-refractivity contribution < 1.29 is 23.0 Å². The summed E-state index contributed by atoms with van der Waals surface area (Å²) in [5, 5.41) is 2.79. The van der Waals surface area contributed by atoms with E-state index in [-0.39, 0.29) is 19.2 Å². The van der Waals surface area contributed by atoms with Gasteiger partial charge >= 0.3 is 0 Å². The molecule has 144 valence electrons. The first kappa shape index (κ1) is 19.4. The first-order chi connectivity index (χ1) is 13.0. The summed E-state index contributed by atoms with van der Waals surface area (Å²) in [5.41, 5.74) is 1.61. The van der Waals surface area contributed by atoms with Gasteiger partial charge in [0.05, 0.1) is 6.54 Å². The van der Waals surface area contributed by atoms with Crippen molar-refractivity contribution in [2.24, 2.45) is 0 Å². The lowest BCUT2D eigenvalue weighted by Crippen LogP contribution is -2.32. The fourth-order valence-corrected chi connectivity index (χ4v) is 3.20. The normalized spacial score (nSPS) is 12.6. The molecule has 0 spiro atoms. The van der Waals surface area contributed by atoms with Crippen LogP contribution in [0.5, 0.6) is 11.5 Å². The number of hydrogen-bond donors (Lipinski definition) is 1. The van der Waals surface area contributed by atoms with Crippen LogP contribution in [0, 0.1) is 0 Å². The van der Waals surface area contributed by atoms with Gasteiger partial charge in [0.25, 0.3) is 5.76 Å². The third-order valence-corrected chi connectivity index (χ3v) is 4.74. The Morgan fingerprint density at radius 2 is 1.93 bits per heavy atom. The molecule has 1 aliphatic rings. The van der Waals surface area contributed by atoms with Gasteiger partial charge in [0.2, 0.25) is 12.7 Å². The van der Waals surface area contributed by atoms with Crippen LogP contribution in [0.15, 0.2) is 47.4 Å². The molecule has 1 amide bonds. The molecule has 27 heavy (non-hydrogen) atoms. The number of carbonyl (C=O) groups excluding carboxylic acids is 1. The summed E-state index contributed by atoms with van der Waals surface area (Å²) in [6.07, 6.45) is 0. The summed E-state index contributed by atoms with van der Waals surface area (Å²) >= 11 is 0.477. The lowest BCUT2D eigenvalue weighted by molar-refractivity contribution is -0.117. The van der Waals surface area contributed by atoms with Crippen LogP contribution >= 0.6 is 11.8 Å². The number of nitrogens with zero attached hydrogens (tertiary/aromatic N) is 1. The van der Waals surface area contributed by atoms with Crippen LogP contribution in [0.3, 0.4) is 0 Å². The van der Waals surface area contributed by atoms with E-state index in [4.69, 9.17) is 9.47 Å². The molecule has 1 heterocycles. The number of anilines is 1. The SMILES string of the molecule is CCN(CC(=O)Nc1ccc(SC(F)F)cc1)Cc1ccc2c(c1)OCO2. The highest BCUT2D eigenvalue weighted by Crippen LogP contribution is 2.32. The van der Waals surface area contributed by atoms with Gasteiger partial charge in [-0.15, -0.1) is 0 Å². The molecular formula is C19H20F2N2O3S. The smallest absolute Gasteiger partial charge is 0.288 e. The second-order valence-electron chi connectivity index (χ2n) is 5.94. The molecule has 0 unspecified atom stereocenters. The van der Waals surface area contributed by atoms with Crippen LogP contribution in [-0.2, 0) is 11.3 Å². The Kier molecular flexibility index (Phi) is 6.52. The minimum atomic E-state index is -2.46. The Hall–Kier alpha value is -2.32. The average Bonchev–Trinajstić information content (AvgIpc) is 3.10. The van der Waals surface area contributed by atoms with Gasteiger partial charge < -0.3 is 14.8 Å². The molecule has 1 N–H and O–H groups in total. The molecule has 0 aliphatic carbocycles. The number of amides is 1. The van der Waals surface area contributed by atoms with E-state index in [2.05, 4.69) is 5.32 Å². The topological polar surface area (TPSA) is 50.8 Å². The molecule has 5 nitrogen and oxygen atoms in total. The molecule has 0 atom stereocenters. The van der Waals surface area contributed by atoms with E-state index in [1.54, 1.807) is 24.3 Å². The molecule has 2 aromatic carbocycles. The number of carbonyl (C=O) groups is 1.